The molecule has 1 aromatic carbocycles. The van der Waals surface area contributed by atoms with Gasteiger partial charge in [-0.15, -0.1) is 0 Å². The van der Waals surface area contributed by atoms with Crippen LogP contribution in [0.25, 0.3) is 0 Å². The molecule has 0 saturated heterocycles. The first-order valence-corrected chi connectivity index (χ1v) is 8.77. The summed E-state index contributed by atoms with van der Waals surface area (Å²) < 4.78 is 20.7. The molecule has 118 valence electrons. The highest BCUT2D eigenvalue weighted by molar-refractivity contribution is 9.10. The average Bonchev–Trinajstić information content (AvgIpc) is 2.39. The molecule has 0 aliphatic heterocycles. The summed E-state index contributed by atoms with van der Waals surface area (Å²) in [5.74, 6) is -0.377. The van der Waals surface area contributed by atoms with E-state index in [0.717, 1.165) is 10.0 Å². The highest BCUT2D eigenvalue weighted by Crippen LogP contribution is 2.14. The highest BCUT2D eigenvalue weighted by Gasteiger charge is 2.27. The number of esters is 1. The van der Waals surface area contributed by atoms with E-state index in [2.05, 4.69) is 20.7 Å². The minimum Gasteiger partial charge on any atom is -0.465 e. The van der Waals surface area contributed by atoms with Crippen LogP contribution in [0, 0.1) is 0 Å². The summed E-state index contributed by atoms with van der Waals surface area (Å²) in [6, 6.07) is 7.07. The van der Waals surface area contributed by atoms with E-state index < -0.39 is 21.8 Å². The predicted molar refractivity (Wildman–Crippen MR) is 89.3 cm³/mol. The van der Waals surface area contributed by atoms with Gasteiger partial charge in [0.1, 0.15) is 6.04 Å². The van der Waals surface area contributed by atoms with Crippen LogP contribution in [-0.2, 0) is 26.9 Å². The maximum Gasteiger partial charge on any atom is 0.324 e. The highest BCUT2D eigenvalue weighted by atomic mass is 79.9. The van der Waals surface area contributed by atoms with Crippen LogP contribution < -0.4 is 4.72 Å². The van der Waals surface area contributed by atoms with E-state index in [1.165, 1.54) is 0 Å². The molecule has 0 bridgehead atoms. The Morgan fingerprint density at radius 1 is 1.33 bits per heavy atom. The van der Waals surface area contributed by atoms with Gasteiger partial charge in [0, 0.05) is 4.47 Å². The first kappa shape index (κ1) is 18.3. The summed E-state index contributed by atoms with van der Waals surface area (Å²) in [5, 5.41) is 0. The molecule has 0 aliphatic carbocycles. The summed E-state index contributed by atoms with van der Waals surface area (Å²) >= 11 is 3.38. The van der Waals surface area contributed by atoms with Gasteiger partial charge in [-0.3, -0.25) is 4.79 Å². The predicted octanol–water partition coefficient (Wildman–Crippen LogP) is 2.98. The van der Waals surface area contributed by atoms with E-state index in [1.807, 2.05) is 45.0 Å². The molecule has 0 amide bonds. The van der Waals surface area contributed by atoms with Crippen molar-refractivity contribution >= 4 is 32.9 Å². The van der Waals surface area contributed by atoms with Crippen LogP contribution in [0.4, 0.5) is 0 Å². The molecule has 0 aliphatic rings. The van der Waals surface area contributed by atoms with E-state index in [1.54, 1.807) is 6.92 Å². The first-order valence-electron chi connectivity index (χ1n) is 6.83. The second kappa shape index (κ2) is 8.06. The van der Waals surface area contributed by atoms with Crippen molar-refractivity contribution in [1.82, 2.24) is 4.72 Å². The van der Waals surface area contributed by atoms with Crippen LogP contribution in [0.15, 0.2) is 28.7 Å². The maximum absolute atomic E-state index is 12.2. The van der Waals surface area contributed by atoms with Gasteiger partial charge in [-0.05, 0) is 51.8 Å². The van der Waals surface area contributed by atoms with E-state index in [-0.39, 0.29) is 5.97 Å². The third-order valence-corrected chi connectivity index (χ3v) is 4.87. The lowest BCUT2D eigenvalue weighted by Gasteiger charge is -2.23. The number of halogens is 1. The van der Waals surface area contributed by atoms with Crippen LogP contribution >= 0.6 is 15.9 Å². The topological polar surface area (TPSA) is 55.4 Å². The Balaban J connectivity index is 2.84. The molecular weight excluding hydrogens is 354 g/mol. The molecule has 1 unspecified atom stereocenters. The number of hydrogen-bond donors (Lipinski definition) is 1. The number of rotatable bonds is 6. The zero-order valence-electron chi connectivity index (χ0n) is 12.8. The number of carbonyl (C=O) groups is 1. The van der Waals surface area contributed by atoms with Crippen molar-refractivity contribution in [3.63, 3.8) is 0 Å². The molecule has 0 aromatic heterocycles. The molecule has 4 nitrogen and oxygen atoms in total. The number of nitrogens with one attached hydrogen (secondary N) is 1. The Labute approximate surface area is 137 Å². The van der Waals surface area contributed by atoms with Gasteiger partial charge in [0.25, 0.3) is 0 Å². The van der Waals surface area contributed by atoms with Crippen LogP contribution in [0.1, 0.15) is 33.3 Å². The van der Waals surface area contributed by atoms with Crippen LogP contribution in [-0.4, -0.2) is 27.6 Å². The Morgan fingerprint density at radius 3 is 2.38 bits per heavy atom. The van der Waals surface area contributed by atoms with Gasteiger partial charge in [-0.1, -0.05) is 28.1 Å². The minimum absolute atomic E-state index is 0.305. The Kier molecular flexibility index (Phi) is 7.03. The summed E-state index contributed by atoms with van der Waals surface area (Å²) in [7, 11) is -1.33. The minimum atomic E-state index is -1.33. The van der Waals surface area contributed by atoms with Gasteiger partial charge >= 0.3 is 5.97 Å². The normalized spacial score (nSPS) is 14.5. The number of ether oxygens (including phenoxy) is 1. The van der Waals surface area contributed by atoms with Gasteiger partial charge in [0.05, 0.1) is 22.3 Å². The number of hydrogen-bond acceptors (Lipinski definition) is 3. The van der Waals surface area contributed by atoms with E-state index >= 15 is 0 Å². The molecule has 1 N–H and O–H groups in total. The molecule has 1 aromatic rings. The van der Waals surface area contributed by atoms with Gasteiger partial charge in [0.2, 0.25) is 0 Å². The van der Waals surface area contributed by atoms with E-state index in [0.29, 0.717) is 13.0 Å². The van der Waals surface area contributed by atoms with Gasteiger partial charge < -0.3 is 4.74 Å². The Morgan fingerprint density at radius 2 is 1.90 bits per heavy atom. The molecular formula is C15H22BrNO3S. The molecule has 6 heteroatoms. The fourth-order valence-corrected chi connectivity index (χ4v) is 2.63. The van der Waals surface area contributed by atoms with Crippen molar-refractivity contribution in [3.05, 3.63) is 34.3 Å². The van der Waals surface area contributed by atoms with Gasteiger partial charge in [-0.25, -0.2) is 8.93 Å². The zero-order chi connectivity index (χ0) is 16.0. The SMILES string of the molecule is CCOC(=O)[C@@H](Cc1ccc(Br)cc1)NS(=O)C(C)(C)C. The first-order chi connectivity index (χ1) is 9.74. The van der Waals surface area contributed by atoms with Crippen molar-refractivity contribution in [3.8, 4) is 0 Å². The van der Waals surface area contributed by atoms with E-state index in [9.17, 15) is 9.00 Å². The maximum atomic E-state index is 12.2. The molecule has 1 rings (SSSR count). The molecule has 0 spiro atoms. The van der Waals surface area contributed by atoms with Crippen LogP contribution in [0.2, 0.25) is 0 Å². The quantitative estimate of drug-likeness (QED) is 0.777. The third kappa shape index (κ3) is 6.28. The Bertz CT molecular complexity index is 497. The van der Waals surface area contributed by atoms with Crippen molar-refractivity contribution in [2.24, 2.45) is 0 Å². The van der Waals surface area contributed by atoms with Crippen molar-refractivity contribution in [1.29, 1.82) is 0 Å². The molecule has 0 fully saturated rings. The number of carbonyl (C=O) groups excluding carboxylic acids is 1. The van der Waals surface area contributed by atoms with Crippen molar-refractivity contribution < 1.29 is 13.7 Å². The number of benzene rings is 1. The van der Waals surface area contributed by atoms with Crippen LogP contribution in [0.5, 0.6) is 0 Å². The lowest BCUT2D eigenvalue weighted by molar-refractivity contribution is -0.145. The van der Waals surface area contributed by atoms with Gasteiger partial charge in [0.15, 0.2) is 0 Å². The van der Waals surface area contributed by atoms with Gasteiger partial charge in [-0.2, -0.15) is 0 Å². The fourth-order valence-electron chi connectivity index (χ4n) is 1.58. The molecule has 2 atom stereocenters. The summed E-state index contributed by atoms with van der Waals surface area (Å²) in [6.45, 7) is 7.64. The smallest absolute Gasteiger partial charge is 0.324 e. The third-order valence-electron chi connectivity index (χ3n) is 2.73. The van der Waals surface area contributed by atoms with Crippen molar-refractivity contribution in [2.75, 3.05) is 6.61 Å². The zero-order valence-corrected chi connectivity index (χ0v) is 15.2. The fraction of sp³-hybridized carbons (Fsp3) is 0.533. The standard InChI is InChI=1S/C15H22BrNO3S/c1-5-20-14(18)13(17-21(19)15(2,3)4)10-11-6-8-12(16)9-7-11/h6-9,13,17H,5,10H2,1-4H3/t13-,21?/m1/s1. The van der Waals surface area contributed by atoms with E-state index in [4.69, 9.17) is 4.74 Å². The second-order valence-corrected chi connectivity index (χ2v) is 8.55. The van der Waals surface area contributed by atoms with Crippen molar-refractivity contribution in [2.45, 2.75) is 44.9 Å². The molecule has 0 radical (unpaired) electrons. The summed E-state index contributed by atoms with van der Waals surface area (Å²) in [4.78, 5) is 12.0. The average molecular weight is 376 g/mol. The molecule has 21 heavy (non-hydrogen) atoms. The monoisotopic (exact) mass is 375 g/mol. The summed E-state index contributed by atoms with van der Waals surface area (Å²) in [6.07, 6.45) is 0.438. The molecule has 0 saturated carbocycles. The molecule has 0 heterocycles. The lowest BCUT2D eigenvalue weighted by Crippen LogP contribution is -2.45. The largest absolute Gasteiger partial charge is 0.465 e. The summed E-state index contributed by atoms with van der Waals surface area (Å²) in [5.41, 5.74) is 0.981. The Hall–Kier alpha value is -0.720. The lowest BCUT2D eigenvalue weighted by atomic mass is 10.1. The second-order valence-electron chi connectivity index (χ2n) is 5.63. The van der Waals surface area contributed by atoms with Crippen LogP contribution in [0.3, 0.4) is 0 Å².